The Balaban J connectivity index is 1.45. The normalized spacial score (nSPS) is 38.3. The molecule has 3 aliphatic rings. The molecule has 1 spiro atoms. The lowest BCUT2D eigenvalue weighted by Gasteiger charge is -2.30. The van der Waals surface area contributed by atoms with Gasteiger partial charge in [0.2, 0.25) is 5.79 Å². The van der Waals surface area contributed by atoms with Gasteiger partial charge >= 0.3 is 0 Å². The number of hydrogen-bond acceptors (Lipinski definition) is 6. The topological polar surface area (TPSA) is 55.4 Å². The molecular formula is C19H26O6. The number of rotatable bonds is 4. The van der Waals surface area contributed by atoms with Gasteiger partial charge in [0.05, 0.1) is 13.2 Å². The van der Waals surface area contributed by atoms with Crippen LogP contribution in [-0.4, -0.2) is 48.9 Å². The van der Waals surface area contributed by atoms with Gasteiger partial charge < -0.3 is 28.4 Å². The first-order chi connectivity index (χ1) is 11.8. The van der Waals surface area contributed by atoms with E-state index in [0.29, 0.717) is 19.8 Å². The van der Waals surface area contributed by atoms with E-state index in [-0.39, 0.29) is 18.3 Å². The van der Waals surface area contributed by atoms with Crippen molar-refractivity contribution in [2.75, 3.05) is 13.2 Å². The molecule has 4 atom stereocenters. The maximum Gasteiger partial charge on any atom is 0.224 e. The molecule has 1 aromatic rings. The highest BCUT2D eigenvalue weighted by molar-refractivity contribution is 5.13. The minimum absolute atomic E-state index is 0.247. The van der Waals surface area contributed by atoms with Gasteiger partial charge in [0.25, 0.3) is 0 Å². The Morgan fingerprint density at radius 1 is 1.00 bits per heavy atom. The fourth-order valence-corrected chi connectivity index (χ4v) is 3.74. The molecule has 0 bridgehead atoms. The van der Waals surface area contributed by atoms with Crippen LogP contribution < -0.4 is 0 Å². The van der Waals surface area contributed by atoms with Crippen molar-refractivity contribution in [2.45, 2.75) is 70.0 Å². The summed E-state index contributed by atoms with van der Waals surface area (Å²) in [5, 5.41) is 0. The summed E-state index contributed by atoms with van der Waals surface area (Å²) >= 11 is 0. The van der Waals surface area contributed by atoms with Crippen molar-refractivity contribution in [3.05, 3.63) is 35.9 Å². The molecule has 0 radical (unpaired) electrons. The van der Waals surface area contributed by atoms with Crippen LogP contribution in [0.25, 0.3) is 0 Å². The van der Waals surface area contributed by atoms with Crippen molar-refractivity contribution in [3.63, 3.8) is 0 Å². The fourth-order valence-electron chi connectivity index (χ4n) is 3.74. The first kappa shape index (κ1) is 17.4. The minimum Gasteiger partial charge on any atom is -0.374 e. The summed E-state index contributed by atoms with van der Waals surface area (Å²) in [6, 6.07) is 10.1. The maximum absolute atomic E-state index is 6.22. The zero-order chi connectivity index (χ0) is 17.7. The molecule has 0 aliphatic carbocycles. The Hall–Kier alpha value is -1.02. The minimum atomic E-state index is -0.942. The van der Waals surface area contributed by atoms with Gasteiger partial charge in [-0.2, -0.15) is 0 Å². The SMILES string of the molecule is CC1(C)O[C@H]2[C@@H](O1)C1(COC(C)(C)O1)O[C@@H]2COCc1ccccc1. The summed E-state index contributed by atoms with van der Waals surface area (Å²) in [5.41, 5.74) is 1.12. The highest BCUT2D eigenvalue weighted by Crippen LogP contribution is 2.49. The van der Waals surface area contributed by atoms with Gasteiger partial charge in [-0.3, -0.25) is 0 Å². The molecule has 1 unspecified atom stereocenters. The predicted octanol–water partition coefficient (Wildman–Crippen LogP) is 2.60. The molecule has 3 saturated heterocycles. The van der Waals surface area contributed by atoms with Crippen LogP contribution in [0.1, 0.15) is 33.3 Å². The average molecular weight is 350 g/mol. The molecule has 6 nitrogen and oxygen atoms in total. The Morgan fingerprint density at radius 2 is 1.76 bits per heavy atom. The lowest BCUT2D eigenvalue weighted by Crippen LogP contribution is -2.46. The van der Waals surface area contributed by atoms with Crippen molar-refractivity contribution in [2.24, 2.45) is 0 Å². The lowest BCUT2D eigenvalue weighted by molar-refractivity contribution is -0.299. The molecule has 0 saturated carbocycles. The molecule has 1 aromatic carbocycles. The summed E-state index contributed by atoms with van der Waals surface area (Å²) in [5.74, 6) is -2.33. The summed E-state index contributed by atoms with van der Waals surface area (Å²) in [7, 11) is 0. The van der Waals surface area contributed by atoms with E-state index >= 15 is 0 Å². The average Bonchev–Trinajstić information content (AvgIpc) is 3.12. The van der Waals surface area contributed by atoms with Crippen LogP contribution >= 0.6 is 0 Å². The van der Waals surface area contributed by atoms with Gasteiger partial charge in [0, 0.05) is 0 Å². The van der Waals surface area contributed by atoms with Gasteiger partial charge in [-0.05, 0) is 33.3 Å². The third-order valence-electron chi connectivity index (χ3n) is 4.71. The standard InChI is InChI=1S/C19H26O6/c1-17(2)21-12-19(25-17)16-15(23-18(3,4)24-16)14(22-19)11-20-10-13-8-6-5-7-9-13/h5-9,14-16H,10-12H2,1-4H3/t14-,15-,16-,19?/m1/s1. The number of hydrogen-bond donors (Lipinski definition) is 0. The molecule has 138 valence electrons. The lowest BCUT2D eigenvalue weighted by atomic mass is 10.1. The molecule has 4 rings (SSSR count). The van der Waals surface area contributed by atoms with E-state index in [1.807, 2.05) is 58.0 Å². The molecule has 0 aromatic heterocycles. The third-order valence-corrected chi connectivity index (χ3v) is 4.71. The summed E-state index contributed by atoms with van der Waals surface area (Å²) in [6.07, 6.45) is -0.856. The van der Waals surface area contributed by atoms with Crippen molar-refractivity contribution in [3.8, 4) is 0 Å². The first-order valence-electron chi connectivity index (χ1n) is 8.78. The summed E-state index contributed by atoms with van der Waals surface area (Å²) < 4.78 is 36.1. The molecule has 3 fully saturated rings. The van der Waals surface area contributed by atoms with Gasteiger partial charge in [0.15, 0.2) is 11.6 Å². The first-order valence-corrected chi connectivity index (χ1v) is 8.78. The van der Waals surface area contributed by atoms with E-state index in [4.69, 9.17) is 28.4 Å². The van der Waals surface area contributed by atoms with Crippen LogP contribution in [0.5, 0.6) is 0 Å². The highest BCUT2D eigenvalue weighted by atomic mass is 16.9. The number of benzene rings is 1. The van der Waals surface area contributed by atoms with Crippen LogP contribution in [0, 0.1) is 0 Å². The Bertz CT molecular complexity index is 616. The van der Waals surface area contributed by atoms with E-state index in [1.54, 1.807) is 0 Å². The molecule has 3 aliphatic heterocycles. The number of fused-ring (bicyclic) bond motifs is 2. The Labute approximate surface area is 148 Å². The monoisotopic (exact) mass is 350 g/mol. The Morgan fingerprint density at radius 3 is 2.44 bits per heavy atom. The quantitative estimate of drug-likeness (QED) is 0.832. The van der Waals surface area contributed by atoms with Crippen LogP contribution in [0.15, 0.2) is 30.3 Å². The molecule has 3 heterocycles. The molecule has 0 N–H and O–H groups in total. The van der Waals surface area contributed by atoms with E-state index in [9.17, 15) is 0 Å². The van der Waals surface area contributed by atoms with Gasteiger partial charge in [-0.25, -0.2) is 0 Å². The largest absolute Gasteiger partial charge is 0.374 e. The van der Waals surface area contributed by atoms with Crippen molar-refractivity contribution in [1.82, 2.24) is 0 Å². The van der Waals surface area contributed by atoms with Crippen molar-refractivity contribution >= 4 is 0 Å². The smallest absolute Gasteiger partial charge is 0.224 e. The van der Waals surface area contributed by atoms with Crippen molar-refractivity contribution in [1.29, 1.82) is 0 Å². The van der Waals surface area contributed by atoms with Crippen LogP contribution in [-0.2, 0) is 35.0 Å². The second kappa shape index (κ2) is 6.01. The van der Waals surface area contributed by atoms with E-state index < -0.39 is 17.4 Å². The predicted molar refractivity (Wildman–Crippen MR) is 88.6 cm³/mol. The molecule has 6 heteroatoms. The van der Waals surface area contributed by atoms with E-state index in [2.05, 4.69) is 0 Å². The summed E-state index contributed by atoms with van der Waals surface area (Å²) in [4.78, 5) is 0. The third kappa shape index (κ3) is 3.35. The van der Waals surface area contributed by atoms with Gasteiger partial charge in [0.1, 0.15) is 24.9 Å². The van der Waals surface area contributed by atoms with E-state index in [0.717, 1.165) is 5.56 Å². The van der Waals surface area contributed by atoms with Crippen LogP contribution in [0.3, 0.4) is 0 Å². The second-order valence-corrected chi connectivity index (χ2v) is 7.78. The zero-order valence-electron chi connectivity index (χ0n) is 15.2. The van der Waals surface area contributed by atoms with Crippen molar-refractivity contribution < 1.29 is 28.4 Å². The van der Waals surface area contributed by atoms with Gasteiger partial charge in [-0.15, -0.1) is 0 Å². The Kier molecular flexibility index (Phi) is 4.18. The second-order valence-electron chi connectivity index (χ2n) is 7.78. The highest BCUT2D eigenvalue weighted by Gasteiger charge is 2.67. The van der Waals surface area contributed by atoms with Crippen LogP contribution in [0.2, 0.25) is 0 Å². The number of ether oxygens (including phenoxy) is 6. The maximum atomic E-state index is 6.22. The fraction of sp³-hybridized carbons (Fsp3) is 0.684. The van der Waals surface area contributed by atoms with Crippen LogP contribution in [0.4, 0.5) is 0 Å². The zero-order valence-corrected chi connectivity index (χ0v) is 15.2. The molecule has 0 amide bonds. The molecular weight excluding hydrogens is 324 g/mol. The summed E-state index contributed by atoms with van der Waals surface area (Å²) in [6.45, 7) is 8.80. The molecule has 25 heavy (non-hydrogen) atoms. The van der Waals surface area contributed by atoms with Gasteiger partial charge in [-0.1, -0.05) is 30.3 Å². The van der Waals surface area contributed by atoms with E-state index in [1.165, 1.54) is 0 Å².